The highest BCUT2D eigenvalue weighted by molar-refractivity contribution is 5.77. The van der Waals surface area contributed by atoms with Gasteiger partial charge in [-0.25, -0.2) is 0 Å². The number of amides is 2. The standard InChI is InChI=1S/C18H26N2O4/c1-23-15-5-3-13(11-16(15)24-2)4-6-18(22)20-9-7-14(8-10-20)12-17(19)21/h3,5,11,14H,4,6-10,12H2,1-2H3,(H2,19,21). The molecule has 2 amide bonds. The number of primary amides is 1. The van der Waals surface area contributed by atoms with Crippen LogP contribution in [0, 0.1) is 5.92 Å². The van der Waals surface area contributed by atoms with Gasteiger partial charge in [0.25, 0.3) is 0 Å². The van der Waals surface area contributed by atoms with E-state index < -0.39 is 0 Å². The third-order valence-corrected chi connectivity index (χ3v) is 4.53. The first-order valence-corrected chi connectivity index (χ1v) is 8.30. The molecule has 1 heterocycles. The van der Waals surface area contributed by atoms with Gasteiger partial charge in [-0.1, -0.05) is 6.07 Å². The van der Waals surface area contributed by atoms with Gasteiger partial charge < -0.3 is 20.1 Å². The lowest BCUT2D eigenvalue weighted by molar-refractivity contribution is -0.132. The van der Waals surface area contributed by atoms with Crippen LogP contribution >= 0.6 is 0 Å². The molecule has 132 valence electrons. The first-order valence-electron chi connectivity index (χ1n) is 8.30. The number of hydrogen-bond acceptors (Lipinski definition) is 4. The van der Waals surface area contributed by atoms with Gasteiger partial charge in [-0.05, 0) is 42.9 Å². The normalized spacial score (nSPS) is 15.2. The summed E-state index contributed by atoms with van der Waals surface area (Å²) in [4.78, 5) is 25.2. The lowest BCUT2D eigenvalue weighted by atomic mass is 9.93. The summed E-state index contributed by atoms with van der Waals surface area (Å²) in [5, 5.41) is 0. The maximum absolute atomic E-state index is 12.4. The van der Waals surface area contributed by atoms with Crippen molar-refractivity contribution in [3.05, 3.63) is 23.8 Å². The second kappa shape index (κ2) is 8.57. The molecule has 6 heteroatoms. The van der Waals surface area contributed by atoms with Gasteiger partial charge in [0.2, 0.25) is 11.8 Å². The van der Waals surface area contributed by atoms with Crippen LogP contribution in [0.25, 0.3) is 0 Å². The minimum Gasteiger partial charge on any atom is -0.493 e. The maximum atomic E-state index is 12.4. The van der Waals surface area contributed by atoms with Crippen LogP contribution in [0.15, 0.2) is 18.2 Å². The van der Waals surface area contributed by atoms with E-state index in [2.05, 4.69) is 0 Å². The van der Waals surface area contributed by atoms with E-state index in [9.17, 15) is 9.59 Å². The molecular formula is C18H26N2O4. The second-order valence-corrected chi connectivity index (χ2v) is 6.18. The molecule has 1 fully saturated rings. The van der Waals surface area contributed by atoms with Crippen molar-refractivity contribution in [3.8, 4) is 11.5 Å². The topological polar surface area (TPSA) is 81.9 Å². The van der Waals surface area contributed by atoms with Crippen LogP contribution in [0.4, 0.5) is 0 Å². The summed E-state index contributed by atoms with van der Waals surface area (Å²) in [6.07, 6.45) is 3.26. The Hall–Kier alpha value is -2.24. The molecule has 1 aliphatic rings. The van der Waals surface area contributed by atoms with E-state index in [4.69, 9.17) is 15.2 Å². The van der Waals surface area contributed by atoms with Gasteiger partial charge in [-0.3, -0.25) is 9.59 Å². The van der Waals surface area contributed by atoms with Crippen LogP contribution in [0.5, 0.6) is 11.5 Å². The number of aryl methyl sites for hydroxylation is 1. The number of carbonyl (C=O) groups is 2. The molecule has 0 saturated carbocycles. The molecule has 1 aromatic carbocycles. The average Bonchev–Trinajstić information content (AvgIpc) is 2.59. The second-order valence-electron chi connectivity index (χ2n) is 6.18. The van der Waals surface area contributed by atoms with Crippen molar-refractivity contribution in [3.63, 3.8) is 0 Å². The third-order valence-electron chi connectivity index (χ3n) is 4.53. The van der Waals surface area contributed by atoms with Crippen LogP contribution < -0.4 is 15.2 Å². The molecular weight excluding hydrogens is 308 g/mol. The van der Waals surface area contributed by atoms with E-state index in [1.54, 1.807) is 14.2 Å². The average molecular weight is 334 g/mol. The van der Waals surface area contributed by atoms with E-state index in [0.29, 0.717) is 49.8 Å². The van der Waals surface area contributed by atoms with Gasteiger partial charge in [0.15, 0.2) is 11.5 Å². The Bertz CT molecular complexity index is 580. The van der Waals surface area contributed by atoms with Gasteiger partial charge in [0, 0.05) is 25.9 Å². The monoisotopic (exact) mass is 334 g/mol. The number of likely N-dealkylation sites (tertiary alicyclic amines) is 1. The van der Waals surface area contributed by atoms with Crippen LogP contribution in [0.2, 0.25) is 0 Å². The van der Waals surface area contributed by atoms with E-state index in [-0.39, 0.29) is 11.8 Å². The van der Waals surface area contributed by atoms with Crippen molar-refractivity contribution >= 4 is 11.8 Å². The smallest absolute Gasteiger partial charge is 0.222 e. The molecule has 2 N–H and O–H groups in total. The van der Waals surface area contributed by atoms with E-state index in [1.165, 1.54) is 0 Å². The number of methoxy groups -OCH3 is 2. The van der Waals surface area contributed by atoms with E-state index >= 15 is 0 Å². The fourth-order valence-electron chi connectivity index (χ4n) is 3.12. The highest BCUT2D eigenvalue weighted by atomic mass is 16.5. The zero-order chi connectivity index (χ0) is 17.5. The zero-order valence-electron chi connectivity index (χ0n) is 14.4. The molecule has 0 bridgehead atoms. The van der Waals surface area contributed by atoms with Crippen molar-refractivity contribution in [2.45, 2.75) is 32.1 Å². The van der Waals surface area contributed by atoms with Crippen molar-refractivity contribution in [1.82, 2.24) is 4.90 Å². The van der Waals surface area contributed by atoms with E-state index in [1.807, 2.05) is 23.1 Å². The van der Waals surface area contributed by atoms with Crippen LogP contribution in [0.3, 0.4) is 0 Å². The molecule has 24 heavy (non-hydrogen) atoms. The third kappa shape index (κ3) is 4.88. The summed E-state index contributed by atoms with van der Waals surface area (Å²) in [5.74, 6) is 1.58. The van der Waals surface area contributed by atoms with Gasteiger partial charge in [0.05, 0.1) is 14.2 Å². The summed E-state index contributed by atoms with van der Waals surface area (Å²) < 4.78 is 10.5. The molecule has 1 saturated heterocycles. The Balaban J connectivity index is 1.82. The van der Waals surface area contributed by atoms with Crippen LogP contribution in [-0.4, -0.2) is 44.0 Å². The molecule has 0 atom stereocenters. The zero-order valence-corrected chi connectivity index (χ0v) is 14.4. The SMILES string of the molecule is COc1ccc(CCC(=O)N2CCC(CC(N)=O)CC2)cc1OC. The van der Waals surface area contributed by atoms with Crippen molar-refractivity contribution in [1.29, 1.82) is 0 Å². The number of nitrogens with zero attached hydrogens (tertiary/aromatic N) is 1. The predicted octanol–water partition coefficient (Wildman–Crippen LogP) is 1.75. The van der Waals surface area contributed by atoms with Crippen molar-refractivity contribution in [2.75, 3.05) is 27.3 Å². The molecule has 6 nitrogen and oxygen atoms in total. The summed E-state index contributed by atoms with van der Waals surface area (Å²) in [5.41, 5.74) is 6.28. The summed E-state index contributed by atoms with van der Waals surface area (Å²) in [6.45, 7) is 1.42. The number of rotatable bonds is 7. The first-order chi connectivity index (χ1) is 11.5. The fraction of sp³-hybridized carbons (Fsp3) is 0.556. The molecule has 1 aromatic rings. The maximum Gasteiger partial charge on any atom is 0.222 e. The molecule has 0 spiro atoms. The molecule has 2 rings (SSSR count). The molecule has 0 unspecified atom stereocenters. The summed E-state index contributed by atoms with van der Waals surface area (Å²) in [7, 11) is 3.20. The van der Waals surface area contributed by atoms with Gasteiger partial charge in [-0.2, -0.15) is 0 Å². The highest BCUT2D eigenvalue weighted by Crippen LogP contribution is 2.28. The lowest BCUT2D eigenvalue weighted by Crippen LogP contribution is -2.39. The number of ether oxygens (including phenoxy) is 2. The largest absolute Gasteiger partial charge is 0.493 e. The van der Waals surface area contributed by atoms with Crippen LogP contribution in [0.1, 0.15) is 31.2 Å². The van der Waals surface area contributed by atoms with E-state index in [0.717, 1.165) is 18.4 Å². The Kier molecular flexibility index (Phi) is 6.46. The number of nitrogens with two attached hydrogens (primary N) is 1. The predicted molar refractivity (Wildman–Crippen MR) is 91.0 cm³/mol. The molecule has 0 aromatic heterocycles. The molecule has 1 aliphatic heterocycles. The Labute approximate surface area is 142 Å². The van der Waals surface area contributed by atoms with Gasteiger partial charge in [0.1, 0.15) is 0 Å². The Morgan fingerprint density at radius 3 is 2.42 bits per heavy atom. The lowest BCUT2D eigenvalue weighted by Gasteiger charge is -2.31. The number of hydrogen-bond donors (Lipinski definition) is 1. The fourth-order valence-corrected chi connectivity index (χ4v) is 3.12. The summed E-state index contributed by atoms with van der Waals surface area (Å²) >= 11 is 0. The minimum atomic E-state index is -0.256. The van der Waals surface area contributed by atoms with Crippen LogP contribution in [-0.2, 0) is 16.0 Å². The Morgan fingerprint density at radius 2 is 1.83 bits per heavy atom. The van der Waals surface area contributed by atoms with Gasteiger partial charge in [-0.15, -0.1) is 0 Å². The first kappa shape index (κ1) is 18.1. The highest BCUT2D eigenvalue weighted by Gasteiger charge is 2.23. The number of carbonyl (C=O) groups excluding carboxylic acids is 2. The van der Waals surface area contributed by atoms with Gasteiger partial charge >= 0.3 is 0 Å². The molecule has 0 radical (unpaired) electrons. The van der Waals surface area contributed by atoms with Crippen molar-refractivity contribution < 1.29 is 19.1 Å². The quantitative estimate of drug-likeness (QED) is 0.823. The number of benzene rings is 1. The summed E-state index contributed by atoms with van der Waals surface area (Å²) in [6, 6.07) is 5.72. The Morgan fingerprint density at radius 1 is 1.17 bits per heavy atom. The molecule has 0 aliphatic carbocycles. The minimum absolute atomic E-state index is 0.155. The van der Waals surface area contributed by atoms with Crippen molar-refractivity contribution in [2.24, 2.45) is 11.7 Å². The number of piperidine rings is 1.